The van der Waals surface area contributed by atoms with Gasteiger partial charge in [-0.2, -0.15) is 11.7 Å². The Hall–Kier alpha value is -0.580. The lowest BCUT2D eigenvalue weighted by atomic mass is 10.8. The monoisotopic (exact) mass is 104 g/mol. The quantitative estimate of drug-likeness (QED) is 0.177. The second kappa shape index (κ2) is 1.49. The molecule has 0 bridgehead atoms. The lowest BCUT2D eigenvalue weighted by molar-refractivity contribution is -0.910. The third-order valence-electron chi connectivity index (χ3n) is 0.556. The zero-order valence-electron chi connectivity index (χ0n) is 4.26. The molecule has 0 saturated heterocycles. The van der Waals surface area contributed by atoms with Gasteiger partial charge in [-0.1, -0.05) is 0 Å². The van der Waals surface area contributed by atoms with E-state index in [2.05, 4.69) is 6.58 Å². The normalized spacial score (nSPS) is 11.3. The zero-order chi connectivity index (χ0) is 6.08. The van der Waals surface area contributed by atoms with Gasteiger partial charge in [0, 0.05) is 6.58 Å². The molecule has 4 heteroatoms. The number of nitrogens with two attached hydrogens (primary N) is 2. The summed E-state index contributed by atoms with van der Waals surface area (Å²) in [4.78, 5) is 0. The van der Waals surface area contributed by atoms with Crippen LogP contribution < -0.4 is 11.7 Å². The van der Waals surface area contributed by atoms with Crippen molar-refractivity contribution in [3.05, 3.63) is 12.5 Å². The Bertz CT molecular complexity index is 82.7. The Morgan fingerprint density at radius 3 is 1.86 bits per heavy atom. The molecule has 0 aliphatic heterocycles. The van der Waals surface area contributed by atoms with Crippen LogP contribution in [0.2, 0.25) is 0 Å². The predicted molar refractivity (Wildman–Crippen MR) is 26.3 cm³/mol. The van der Waals surface area contributed by atoms with E-state index in [1.165, 1.54) is 7.05 Å². The van der Waals surface area contributed by atoms with Crippen molar-refractivity contribution < 1.29 is 9.81 Å². The SMILES string of the molecule is C=C(O)[N+](C)(N)N. The molecule has 42 valence electrons. The second-order valence-electron chi connectivity index (χ2n) is 1.56. The van der Waals surface area contributed by atoms with E-state index >= 15 is 0 Å². The highest BCUT2D eigenvalue weighted by Gasteiger charge is 2.12. The molecular formula is C3H10N3O+. The standard InChI is InChI=1S/C3H9N3O/c1-3(7)6(2,4)5/h1,4-5H2,2H3/p+1. The van der Waals surface area contributed by atoms with Crippen LogP contribution in [0.1, 0.15) is 0 Å². The molecule has 0 aromatic heterocycles. The minimum atomic E-state index is -0.583. The Labute approximate surface area is 42.2 Å². The maximum absolute atomic E-state index is 8.42. The van der Waals surface area contributed by atoms with Crippen molar-refractivity contribution in [2.75, 3.05) is 7.05 Å². The maximum Gasteiger partial charge on any atom is 0.320 e. The lowest BCUT2D eigenvalue weighted by Crippen LogP contribution is -2.55. The third-order valence-corrected chi connectivity index (χ3v) is 0.556. The van der Waals surface area contributed by atoms with Crippen molar-refractivity contribution in [3.8, 4) is 0 Å². The molecule has 0 fully saturated rings. The summed E-state index contributed by atoms with van der Waals surface area (Å²) in [5, 5.41) is 8.42. The molecule has 0 rings (SSSR count). The molecule has 0 aromatic rings. The van der Waals surface area contributed by atoms with Gasteiger partial charge in [-0.25, -0.2) is 0 Å². The molecule has 0 unspecified atom stereocenters. The first-order chi connectivity index (χ1) is 2.94. The van der Waals surface area contributed by atoms with Gasteiger partial charge in [-0.15, -0.1) is 4.70 Å². The van der Waals surface area contributed by atoms with Gasteiger partial charge < -0.3 is 5.11 Å². The van der Waals surface area contributed by atoms with Crippen LogP contribution in [0.25, 0.3) is 0 Å². The molecule has 0 amide bonds. The molecule has 5 N–H and O–H groups in total. The fourth-order valence-corrected chi connectivity index (χ4v) is 0. The fourth-order valence-electron chi connectivity index (χ4n) is 0. The van der Waals surface area contributed by atoms with Crippen molar-refractivity contribution in [1.29, 1.82) is 0 Å². The fraction of sp³-hybridized carbons (Fsp3) is 0.333. The number of aliphatic hydroxyl groups excluding tert-OH is 1. The summed E-state index contributed by atoms with van der Waals surface area (Å²) in [6, 6.07) is 0. The van der Waals surface area contributed by atoms with Crippen LogP contribution in [-0.4, -0.2) is 16.9 Å². The first-order valence-electron chi connectivity index (χ1n) is 1.76. The summed E-state index contributed by atoms with van der Waals surface area (Å²) < 4.78 is -0.583. The molecular weight excluding hydrogens is 94.1 g/mol. The van der Waals surface area contributed by atoms with Crippen molar-refractivity contribution in [2.24, 2.45) is 11.7 Å². The molecule has 4 nitrogen and oxygen atoms in total. The van der Waals surface area contributed by atoms with E-state index in [0.717, 1.165) is 0 Å². The highest BCUT2D eigenvalue weighted by molar-refractivity contribution is 4.59. The average Bonchev–Trinajstić information content (AvgIpc) is 1.31. The smallest absolute Gasteiger partial charge is 0.320 e. The summed E-state index contributed by atoms with van der Waals surface area (Å²) >= 11 is 0. The summed E-state index contributed by atoms with van der Waals surface area (Å²) in [6.45, 7) is 3.10. The summed E-state index contributed by atoms with van der Waals surface area (Å²) in [5.41, 5.74) is 0. The largest absolute Gasteiger partial charge is 0.465 e. The molecule has 0 aliphatic rings. The van der Waals surface area contributed by atoms with Crippen LogP contribution in [0.5, 0.6) is 0 Å². The van der Waals surface area contributed by atoms with E-state index in [1.54, 1.807) is 0 Å². The van der Waals surface area contributed by atoms with Crippen molar-refractivity contribution in [3.63, 3.8) is 0 Å². The van der Waals surface area contributed by atoms with Crippen molar-refractivity contribution in [1.82, 2.24) is 0 Å². The van der Waals surface area contributed by atoms with Crippen molar-refractivity contribution in [2.45, 2.75) is 0 Å². The van der Waals surface area contributed by atoms with Crippen LogP contribution in [0, 0.1) is 0 Å². The maximum atomic E-state index is 8.42. The highest BCUT2D eigenvalue weighted by atomic mass is 16.3. The Kier molecular flexibility index (Phi) is 1.37. The van der Waals surface area contributed by atoms with Crippen LogP contribution >= 0.6 is 0 Å². The molecule has 0 radical (unpaired) electrons. The molecule has 0 aliphatic carbocycles. The Morgan fingerprint density at radius 2 is 1.86 bits per heavy atom. The van der Waals surface area contributed by atoms with Gasteiger partial charge in [0.05, 0.1) is 0 Å². The van der Waals surface area contributed by atoms with Crippen LogP contribution in [0.3, 0.4) is 0 Å². The first kappa shape index (κ1) is 6.42. The minimum Gasteiger partial charge on any atom is -0.465 e. The number of aliphatic hydroxyl groups is 1. The average molecular weight is 104 g/mol. The second-order valence-corrected chi connectivity index (χ2v) is 1.56. The number of hydrogen-bond acceptors (Lipinski definition) is 3. The molecule has 0 atom stereocenters. The lowest BCUT2D eigenvalue weighted by Gasteiger charge is -2.16. The number of nitrogens with zero attached hydrogens (tertiary/aromatic N) is 1. The van der Waals surface area contributed by atoms with Crippen molar-refractivity contribution >= 4 is 0 Å². The summed E-state index contributed by atoms with van der Waals surface area (Å²) in [7, 11) is 1.41. The Morgan fingerprint density at radius 1 is 1.71 bits per heavy atom. The first-order valence-corrected chi connectivity index (χ1v) is 1.76. The molecule has 0 saturated carbocycles. The van der Waals surface area contributed by atoms with Crippen LogP contribution in [0.4, 0.5) is 0 Å². The van der Waals surface area contributed by atoms with Crippen LogP contribution in [0.15, 0.2) is 12.5 Å². The van der Waals surface area contributed by atoms with E-state index in [-0.39, 0.29) is 5.88 Å². The molecule has 0 aromatic carbocycles. The van der Waals surface area contributed by atoms with Gasteiger partial charge in [0.2, 0.25) is 0 Å². The Balaban J connectivity index is 3.79. The predicted octanol–water partition coefficient (Wildman–Crippen LogP) is -0.790. The van der Waals surface area contributed by atoms with Gasteiger partial charge in [0.1, 0.15) is 7.05 Å². The van der Waals surface area contributed by atoms with E-state index < -0.39 is 4.70 Å². The summed E-state index contributed by atoms with van der Waals surface area (Å²) in [5.74, 6) is 9.82. The zero-order valence-corrected chi connectivity index (χ0v) is 4.26. The van der Waals surface area contributed by atoms with Gasteiger partial charge in [0.15, 0.2) is 0 Å². The van der Waals surface area contributed by atoms with Gasteiger partial charge in [-0.3, -0.25) is 0 Å². The van der Waals surface area contributed by atoms with E-state index in [1.807, 2.05) is 0 Å². The number of hydrogen-bond donors (Lipinski definition) is 3. The molecule has 7 heavy (non-hydrogen) atoms. The van der Waals surface area contributed by atoms with Gasteiger partial charge >= 0.3 is 5.88 Å². The van der Waals surface area contributed by atoms with Gasteiger partial charge in [0.25, 0.3) is 0 Å². The van der Waals surface area contributed by atoms with E-state index in [0.29, 0.717) is 0 Å². The molecule has 0 heterocycles. The number of quaternary nitrogens is 1. The van der Waals surface area contributed by atoms with E-state index in [9.17, 15) is 0 Å². The highest BCUT2D eigenvalue weighted by Crippen LogP contribution is 1.87. The third kappa shape index (κ3) is 2.16. The molecule has 0 spiro atoms. The minimum absolute atomic E-state index is 0.264. The van der Waals surface area contributed by atoms with Crippen LogP contribution in [-0.2, 0) is 0 Å². The topological polar surface area (TPSA) is 72.3 Å². The summed E-state index contributed by atoms with van der Waals surface area (Å²) in [6.07, 6.45) is 0. The number of rotatable bonds is 1. The van der Waals surface area contributed by atoms with E-state index in [4.69, 9.17) is 16.8 Å². The van der Waals surface area contributed by atoms with Gasteiger partial charge in [-0.05, 0) is 0 Å².